The molecule has 2 aromatic rings. The molecule has 2 aromatic carbocycles. The maximum absolute atomic E-state index is 13.7. The molecule has 0 radical (unpaired) electrons. The lowest BCUT2D eigenvalue weighted by molar-refractivity contribution is 0.354. The van der Waals surface area contributed by atoms with Crippen molar-refractivity contribution in [2.75, 3.05) is 14.2 Å². The fraction of sp³-hybridized carbons (Fsp3) is 0.250. The van der Waals surface area contributed by atoms with Crippen molar-refractivity contribution in [1.29, 1.82) is 0 Å². The molecule has 2 rings (SSSR count). The molecule has 0 fully saturated rings. The van der Waals surface area contributed by atoms with E-state index in [1.165, 1.54) is 0 Å². The van der Waals surface area contributed by atoms with E-state index < -0.39 is 0 Å². The third kappa shape index (κ3) is 2.96. The van der Waals surface area contributed by atoms with Crippen LogP contribution < -0.4 is 9.47 Å². The molecule has 4 heteroatoms. The number of benzene rings is 2. The van der Waals surface area contributed by atoms with Crippen LogP contribution in [-0.4, -0.2) is 14.2 Å². The number of halogens is 2. The van der Waals surface area contributed by atoms with Crippen LogP contribution in [0.4, 0.5) is 4.39 Å². The van der Waals surface area contributed by atoms with Crippen molar-refractivity contribution < 1.29 is 13.9 Å². The van der Waals surface area contributed by atoms with Crippen LogP contribution in [0.3, 0.4) is 0 Å². The minimum Gasteiger partial charge on any atom is -0.493 e. The van der Waals surface area contributed by atoms with Crippen molar-refractivity contribution >= 4 is 15.9 Å². The second kappa shape index (κ2) is 6.27. The first-order valence-electron chi connectivity index (χ1n) is 6.19. The van der Waals surface area contributed by atoms with Gasteiger partial charge in [0.15, 0.2) is 11.5 Å². The molecule has 1 atom stereocenters. The van der Waals surface area contributed by atoms with Crippen molar-refractivity contribution in [2.45, 2.75) is 11.8 Å². The highest BCUT2D eigenvalue weighted by molar-refractivity contribution is 9.09. The van der Waals surface area contributed by atoms with Crippen molar-refractivity contribution in [3.8, 4) is 11.5 Å². The SMILES string of the molecule is COc1ccc(C(Br)c2ccc(C)c(F)c2)cc1OC. The minimum atomic E-state index is -0.201. The molecule has 20 heavy (non-hydrogen) atoms. The van der Waals surface area contributed by atoms with E-state index in [1.807, 2.05) is 24.3 Å². The Bertz CT molecular complexity index is 613. The fourth-order valence-electron chi connectivity index (χ4n) is 1.97. The Balaban J connectivity index is 2.37. The van der Waals surface area contributed by atoms with Crippen LogP contribution in [0.25, 0.3) is 0 Å². The number of alkyl halides is 1. The first kappa shape index (κ1) is 14.9. The summed E-state index contributed by atoms with van der Waals surface area (Å²) in [5, 5.41) is 0. The van der Waals surface area contributed by atoms with Gasteiger partial charge in [0.05, 0.1) is 19.0 Å². The Hall–Kier alpha value is -1.55. The van der Waals surface area contributed by atoms with Gasteiger partial charge in [-0.25, -0.2) is 4.39 Å². The lowest BCUT2D eigenvalue weighted by Gasteiger charge is -2.14. The van der Waals surface area contributed by atoms with Crippen molar-refractivity contribution in [1.82, 2.24) is 0 Å². The van der Waals surface area contributed by atoms with Gasteiger partial charge in [-0.15, -0.1) is 0 Å². The summed E-state index contributed by atoms with van der Waals surface area (Å²) in [6.07, 6.45) is 0. The third-order valence-corrected chi connectivity index (χ3v) is 4.25. The summed E-state index contributed by atoms with van der Waals surface area (Å²) < 4.78 is 24.2. The van der Waals surface area contributed by atoms with Crippen LogP contribution in [0.15, 0.2) is 36.4 Å². The van der Waals surface area contributed by atoms with E-state index >= 15 is 0 Å². The van der Waals surface area contributed by atoms with Gasteiger partial charge in [0, 0.05) is 0 Å². The molecule has 0 aromatic heterocycles. The second-order valence-corrected chi connectivity index (χ2v) is 5.40. The van der Waals surface area contributed by atoms with E-state index in [-0.39, 0.29) is 10.6 Å². The Morgan fingerprint density at radius 1 is 0.950 bits per heavy atom. The average Bonchev–Trinajstić information content (AvgIpc) is 2.48. The number of hydrogen-bond acceptors (Lipinski definition) is 2. The highest BCUT2D eigenvalue weighted by atomic mass is 79.9. The molecule has 0 aliphatic rings. The zero-order chi connectivity index (χ0) is 14.7. The number of rotatable bonds is 4. The van der Waals surface area contributed by atoms with Crippen LogP contribution in [0.2, 0.25) is 0 Å². The number of ether oxygens (including phenoxy) is 2. The Labute approximate surface area is 126 Å². The molecular weight excluding hydrogens is 323 g/mol. The lowest BCUT2D eigenvalue weighted by atomic mass is 10.0. The number of aryl methyl sites for hydroxylation is 1. The van der Waals surface area contributed by atoms with Crippen molar-refractivity contribution in [2.24, 2.45) is 0 Å². The standard InChI is InChI=1S/C16H16BrFO2/c1-10-4-5-11(8-13(10)18)16(17)12-6-7-14(19-2)15(9-12)20-3/h4-9,16H,1-3H3. The number of methoxy groups -OCH3 is 2. The topological polar surface area (TPSA) is 18.5 Å². The molecule has 0 N–H and O–H groups in total. The molecule has 0 spiro atoms. The van der Waals surface area contributed by atoms with Crippen LogP contribution in [0, 0.1) is 12.7 Å². The normalized spacial score (nSPS) is 12.1. The van der Waals surface area contributed by atoms with Crippen molar-refractivity contribution in [3.63, 3.8) is 0 Å². The van der Waals surface area contributed by atoms with Crippen molar-refractivity contribution in [3.05, 3.63) is 58.9 Å². The summed E-state index contributed by atoms with van der Waals surface area (Å²) in [6, 6.07) is 10.9. The van der Waals surface area contributed by atoms with E-state index in [1.54, 1.807) is 33.3 Å². The summed E-state index contributed by atoms with van der Waals surface area (Å²) in [5.41, 5.74) is 2.48. The summed E-state index contributed by atoms with van der Waals surface area (Å²) in [6.45, 7) is 1.75. The fourth-order valence-corrected chi connectivity index (χ4v) is 2.54. The maximum Gasteiger partial charge on any atom is 0.161 e. The molecule has 0 heterocycles. The van der Waals surface area contributed by atoms with Gasteiger partial charge >= 0.3 is 0 Å². The Morgan fingerprint density at radius 2 is 1.55 bits per heavy atom. The van der Waals surface area contributed by atoms with Crippen LogP contribution in [0.1, 0.15) is 21.5 Å². The largest absolute Gasteiger partial charge is 0.493 e. The van der Waals surface area contributed by atoms with Gasteiger partial charge in [-0.2, -0.15) is 0 Å². The van der Waals surface area contributed by atoms with Crippen LogP contribution >= 0.6 is 15.9 Å². The minimum absolute atomic E-state index is 0.0996. The second-order valence-electron chi connectivity index (χ2n) is 4.49. The zero-order valence-corrected chi connectivity index (χ0v) is 13.2. The van der Waals surface area contributed by atoms with Gasteiger partial charge in [-0.1, -0.05) is 34.1 Å². The Kier molecular flexibility index (Phi) is 4.65. The highest BCUT2D eigenvalue weighted by Gasteiger charge is 2.14. The van der Waals surface area contributed by atoms with E-state index in [0.717, 1.165) is 11.1 Å². The average molecular weight is 339 g/mol. The summed E-state index contributed by atoms with van der Waals surface area (Å²) >= 11 is 3.60. The van der Waals surface area contributed by atoms with E-state index in [0.29, 0.717) is 17.1 Å². The molecule has 106 valence electrons. The monoisotopic (exact) mass is 338 g/mol. The van der Waals surface area contributed by atoms with Gasteiger partial charge < -0.3 is 9.47 Å². The highest BCUT2D eigenvalue weighted by Crippen LogP contribution is 2.36. The van der Waals surface area contributed by atoms with E-state index in [4.69, 9.17) is 9.47 Å². The quantitative estimate of drug-likeness (QED) is 0.756. The molecule has 0 amide bonds. The predicted octanol–water partition coefficient (Wildman–Crippen LogP) is 4.64. The van der Waals surface area contributed by atoms with Crippen LogP contribution in [-0.2, 0) is 0 Å². The first-order valence-corrected chi connectivity index (χ1v) is 7.10. The molecule has 0 saturated heterocycles. The molecule has 0 aliphatic heterocycles. The Morgan fingerprint density at radius 3 is 2.15 bits per heavy atom. The molecule has 2 nitrogen and oxygen atoms in total. The van der Waals surface area contributed by atoms with Gasteiger partial charge in [0.25, 0.3) is 0 Å². The molecule has 0 saturated carbocycles. The predicted molar refractivity (Wildman–Crippen MR) is 81.5 cm³/mol. The van der Waals surface area contributed by atoms with E-state index in [2.05, 4.69) is 15.9 Å². The zero-order valence-electron chi connectivity index (χ0n) is 11.6. The maximum atomic E-state index is 13.7. The molecule has 0 aliphatic carbocycles. The number of hydrogen-bond donors (Lipinski definition) is 0. The van der Waals surface area contributed by atoms with Gasteiger partial charge in [-0.3, -0.25) is 0 Å². The summed E-state index contributed by atoms with van der Waals surface area (Å²) in [7, 11) is 3.19. The molecule has 1 unspecified atom stereocenters. The van der Waals surface area contributed by atoms with Gasteiger partial charge in [-0.05, 0) is 41.8 Å². The lowest BCUT2D eigenvalue weighted by Crippen LogP contribution is -1.97. The van der Waals surface area contributed by atoms with Crippen LogP contribution in [0.5, 0.6) is 11.5 Å². The third-order valence-electron chi connectivity index (χ3n) is 3.19. The summed E-state index contributed by atoms with van der Waals surface area (Å²) in [4.78, 5) is -0.0996. The van der Waals surface area contributed by atoms with E-state index in [9.17, 15) is 4.39 Å². The van der Waals surface area contributed by atoms with Gasteiger partial charge in [0.2, 0.25) is 0 Å². The molecule has 0 bridgehead atoms. The first-order chi connectivity index (χ1) is 9.56. The summed E-state index contributed by atoms with van der Waals surface area (Å²) in [5.74, 6) is 1.13. The molecular formula is C16H16BrFO2. The van der Waals surface area contributed by atoms with Gasteiger partial charge in [0.1, 0.15) is 5.82 Å². The smallest absolute Gasteiger partial charge is 0.161 e.